The summed E-state index contributed by atoms with van der Waals surface area (Å²) < 4.78 is 10.1. The van der Waals surface area contributed by atoms with Gasteiger partial charge in [0.1, 0.15) is 11.9 Å². The van der Waals surface area contributed by atoms with E-state index in [1.54, 1.807) is 7.11 Å². The average molecular weight is 227 g/mol. The average Bonchev–Trinajstić information content (AvgIpc) is 2.60. The number of hydrogen-bond donors (Lipinski definition) is 0. The van der Waals surface area contributed by atoms with Gasteiger partial charge in [0.25, 0.3) is 0 Å². The van der Waals surface area contributed by atoms with Crippen molar-refractivity contribution < 1.29 is 14.3 Å². The van der Waals surface area contributed by atoms with Crippen LogP contribution in [0.5, 0.6) is 5.75 Å². The molecule has 0 aromatic heterocycles. The summed E-state index contributed by atoms with van der Waals surface area (Å²) in [6.45, 7) is 0. The number of carbonyl (C=O) groups excluding carboxylic acids is 1. The standard InChI is InChI=1S/C11H11ClO3/c1-14-8-4-2-7-3-5-10(9(7)6-8)15-11(12)13/h2,4,6,10H,3,5H2,1H3. The molecule has 0 aliphatic heterocycles. The first-order chi connectivity index (χ1) is 7.20. The summed E-state index contributed by atoms with van der Waals surface area (Å²) in [5.74, 6) is 0.770. The fourth-order valence-electron chi connectivity index (χ4n) is 1.90. The zero-order chi connectivity index (χ0) is 10.8. The molecule has 0 saturated carbocycles. The molecule has 2 rings (SSSR count). The minimum atomic E-state index is -0.754. The van der Waals surface area contributed by atoms with E-state index in [4.69, 9.17) is 21.1 Å². The molecule has 1 aromatic carbocycles. The molecule has 3 nitrogen and oxygen atoms in total. The second-order valence-corrected chi connectivity index (χ2v) is 3.76. The molecular formula is C11H11ClO3. The number of hydrogen-bond acceptors (Lipinski definition) is 3. The van der Waals surface area contributed by atoms with Crippen molar-refractivity contribution >= 4 is 17.0 Å². The van der Waals surface area contributed by atoms with Crippen LogP contribution in [0, 0.1) is 0 Å². The molecule has 4 heteroatoms. The molecule has 0 radical (unpaired) electrons. The van der Waals surface area contributed by atoms with Crippen LogP contribution >= 0.6 is 11.6 Å². The Morgan fingerprint density at radius 3 is 3.00 bits per heavy atom. The Bertz CT molecular complexity index is 389. The monoisotopic (exact) mass is 226 g/mol. The first-order valence-electron chi connectivity index (χ1n) is 4.73. The zero-order valence-corrected chi connectivity index (χ0v) is 9.08. The van der Waals surface area contributed by atoms with E-state index in [2.05, 4.69) is 0 Å². The third-order valence-electron chi connectivity index (χ3n) is 2.61. The normalized spacial score (nSPS) is 18.4. The van der Waals surface area contributed by atoms with Crippen molar-refractivity contribution in [3.05, 3.63) is 29.3 Å². The van der Waals surface area contributed by atoms with Crippen molar-refractivity contribution in [2.24, 2.45) is 0 Å². The van der Waals surface area contributed by atoms with Crippen LogP contribution in [0.2, 0.25) is 0 Å². The molecule has 1 unspecified atom stereocenters. The molecule has 0 amide bonds. The molecule has 1 aromatic rings. The summed E-state index contributed by atoms with van der Waals surface area (Å²) in [4.78, 5) is 10.7. The first kappa shape index (κ1) is 10.3. The summed E-state index contributed by atoms with van der Waals surface area (Å²) in [6, 6.07) is 5.80. The number of carbonyl (C=O) groups is 1. The van der Waals surface area contributed by atoms with Gasteiger partial charge < -0.3 is 9.47 Å². The summed E-state index contributed by atoms with van der Waals surface area (Å²) in [5.41, 5.74) is 1.44. The van der Waals surface area contributed by atoms with Gasteiger partial charge in [0.05, 0.1) is 7.11 Å². The highest BCUT2D eigenvalue weighted by molar-refractivity contribution is 6.61. The lowest BCUT2D eigenvalue weighted by Crippen LogP contribution is -2.02. The maximum atomic E-state index is 10.7. The summed E-state index contributed by atoms with van der Waals surface area (Å²) >= 11 is 5.21. The van der Waals surface area contributed by atoms with E-state index in [0.717, 1.165) is 24.2 Å². The lowest BCUT2D eigenvalue weighted by atomic mass is 10.1. The van der Waals surface area contributed by atoms with E-state index in [1.165, 1.54) is 5.56 Å². The fourth-order valence-corrected chi connectivity index (χ4v) is 2.01. The van der Waals surface area contributed by atoms with Crippen molar-refractivity contribution in [3.8, 4) is 5.75 Å². The third kappa shape index (κ3) is 2.07. The zero-order valence-electron chi connectivity index (χ0n) is 8.33. The molecule has 0 fully saturated rings. The Labute approximate surface area is 92.9 Å². The largest absolute Gasteiger partial charge is 0.497 e. The molecule has 1 atom stereocenters. The smallest absolute Gasteiger partial charge is 0.404 e. The molecule has 1 aliphatic carbocycles. The molecule has 0 saturated heterocycles. The Kier molecular flexibility index (Phi) is 2.82. The van der Waals surface area contributed by atoms with E-state index < -0.39 is 5.43 Å². The molecule has 1 aliphatic rings. The van der Waals surface area contributed by atoms with Crippen molar-refractivity contribution in [3.63, 3.8) is 0 Å². The minimum absolute atomic E-state index is 0.222. The number of fused-ring (bicyclic) bond motifs is 1. The van der Waals surface area contributed by atoms with Crippen molar-refractivity contribution in [2.75, 3.05) is 7.11 Å². The van der Waals surface area contributed by atoms with Gasteiger partial charge in [-0.2, -0.15) is 0 Å². The van der Waals surface area contributed by atoms with Gasteiger partial charge >= 0.3 is 5.43 Å². The number of rotatable bonds is 2. The van der Waals surface area contributed by atoms with Crippen LogP contribution in [0.3, 0.4) is 0 Å². The van der Waals surface area contributed by atoms with Gasteiger partial charge in [0.2, 0.25) is 0 Å². The third-order valence-corrected chi connectivity index (χ3v) is 2.70. The number of methoxy groups -OCH3 is 1. The Balaban J connectivity index is 2.27. The molecule has 0 bridgehead atoms. The highest BCUT2D eigenvalue weighted by Gasteiger charge is 2.25. The van der Waals surface area contributed by atoms with Crippen LogP contribution < -0.4 is 4.74 Å². The Morgan fingerprint density at radius 1 is 1.53 bits per heavy atom. The molecule has 0 spiro atoms. The van der Waals surface area contributed by atoms with Gasteiger partial charge in [0.15, 0.2) is 0 Å². The van der Waals surface area contributed by atoms with E-state index in [0.29, 0.717) is 0 Å². The van der Waals surface area contributed by atoms with Crippen LogP contribution in [-0.4, -0.2) is 12.5 Å². The molecular weight excluding hydrogens is 216 g/mol. The molecule has 0 N–H and O–H groups in total. The van der Waals surface area contributed by atoms with Crippen molar-refractivity contribution in [2.45, 2.75) is 18.9 Å². The van der Waals surface area contributed by atoms with E-state index in [-0.39, 0.29) is 6.10 Å². The summed E-state index contributed by atoms with van der Waals surface area (Å²) in [6.07, 6.45) is 1.48. The van der Waals surface area contributed by atoms with Gasteiger partial charge in [-0.3, -0.25) is 0 Å². The van der Waals surface area contributed by atoms with Crippen LogP contribution in [0.25, 0.3) is 0 Å². The first-order valence-corrected chi connectivity index (χ1v) is 5.11. The second-order valence-electron chi connectivity index (χ2n) is 3.45. The van der Waals surface area contributed by atoms with Gasteiger partial charge in [0, 0.05) is 11.6 Å². The highest BCUT2D eigenvalue weighted by Crippen LogP contribution is 2.36. The van der Waals surface area contributed by atoms with Gasteiger partial charge in [-0.15, -0.1) is 0 Å². The molecule has 80 valence electrons. The quantitative estimate of drug-likeness (QED) is 0.727. The van der Waals surface area contributed by atoms with Crippen molar-refractivity contribution in [1.29, 1.82) is 0 Å². The summed E-state index contributed by atoms with van der Waals surface area (Å²) in [5, 5.41) is 0. The molecule has 0 heterocycles. The lowest BCUT2D eigenvalue weighted by molar-refractivity contribution is 0.122. The number of ether oxygens (including phenoxy) is 2. The van der Waals surface area contributed by atoms with Crippen LogP contribution in [0.4, 0.5) is 4.79 Å². The second kappa shape index (κ2) is 4.11. The van der Waals surface area contributed by atoms with Crippen molar-refractivity contribution in [1.82, 2.24) is 0 Å². The van der Waals surface area contributed by atoms with Crippen LogP contribution in [-0.2, 0) is 11.2 Å². The Hall–Kier alpha value is -1.22. The number of aryl methyl sites for hydroxylation is 1. The topological polar surface area (TPSA) is 35.5 Å². The minimum Gasteiger partial charge on any atom is -0.497 e. The highest BCUT2D eigenvalue weighted by atomic mass is 35.5. The van der Waals surface area contributed by atoms with E-state index in [1.807, 2.05) is 18.2 Å². The number of halogens is 1. The van der Waals surface area contributed by atoms with E-state index in [9.17, 15) is 4.79 Å². The maximum absolute atomic E-state index is 10.7. The van der Waals surface area contributed by atoms with Gasteiger partial charge in [-0.25, -0.2) is 4.79 Å². The SMILES string of the molecule is COc1ccc2c(c1)C(OC(=O)Cl)CC2. The lowest BCUT2D eigenvalue weighted by Gasteiger charge is -2.11. The summed E-state index contributed by atoms with van der Waals surface area (Å²) in [7, 11) is 1.61. The predicted octanol–water partition coefficient (Wildman–Crippen LogP) is 3.06. The van der Waals surface area contributed by atoms with Crippen LogP contribution in [0.15, 0.2) is 18.2 Å². The van der Waals surface area contributed by atoms with E-state index >= 15 is 0 Å². The van der Waals surface area contributed by atoms with Gasteiger partial charge in [-0.1, -0.05) is 6.07 Å². The van der Waals surface area contributed by atoms with Gasteiger partial charge in [-0.05, 0) is 36.1 Å². The Morgan fingerprint density at radius 2 is 2.33 bits per heavy atom. The van der Waals surface area contributed by atoms with Crippen LogP contribution in [0.1, 0.15) is 23.7 Å². The predicted molar refractivity (Wildman–Crippen MR) is 56.4 cm³/mol. The molecule has 15 heavy (non-hydrogen) atoms. The fraction of sp³-hybridized carbons (Fsp3) is 0.364. The number of benzene rings is 1. The maximum Gasteiger partial charge on any atom is 0.404 e.